The predicted molar refractivity (Wildman–Crippen MR) is 104 cm³/mol. The van der Waals surface area contributed by atoms with Gasteiger partial charge in [0.1, 0.15) is 5.75 Å². The zero-order valence-electron chi connectivity index (χ0n) is 14.7. The Labute approximate surface area is 151 Å². The van der Waals surface area contributed by atoms with Crippen molar-refractivity contribution in [1.82, 2.24) is 4.98 Å². The van der Waals surface area contributed by atoms with Crippen molar-refractivity contribution in [2.45, 2.75) is 39.5 Å². The molecular formula is C21H22N2OS. The molecule has 3 aromatic rings. The topological polar surface area (TPSA) is 36.4 Å². The largest absolute Gasteiger partial charge is 0.508 e. The Kier molecular flexibility index (Phi) is 3.17. The van der Waals surface area contributed by atoms with Crippen LogP contribution in [0, 0.1) is 19.3 Å². The molecule has 1 aromatic heterocycles. The number of hydrogen-bond acceptors (Lipinski definition) is 4. The van der Waals surface area contributed by atoms with Crippen molar-refractivity contribution in [3.8, 4) is 5.75 Å². The smallest absolute Gasteiger partial charge is 0.191 e. The fourth-order valence-electron chi connectivity index (χ4n) is 4.49. The third kappa shape index (κ3) is 2.20. The molecule has 0 bridgehead atoms. The number of aromatic hydroxyl groups is 1. The van der Waals surface area contributed by atoms with Gasteiger partial charge in [0.25, 0.3) is 0 Å². The highest BCUT2D eigenvalue weighted by molar-refractivity contribution is 7.22. The van der Waals surface area contributed by atoms with Gasteiger partial charge < -0.3 is 10.0 Å². The maximum atomic E-state index is 10.4. The van der Waals surface area contributed by atoms with Gasteiger partial charge in [-0.3, -0.25) is 0 Å². The maximum Gasteiger partial charge on any atom is 0.191 e. The molecule has 2 aliphatic rings. The molecular weight excluding hydrogens is 328 g/mol. The van der Waals surface area contributed by atoms with Crippen LogP contribution in [0.4, 0.5) is 10.8 Å². The van der Waals surface area contributed by atoms with Crippen LogP contribution in [0.2, 0.25) is 0 Å². The van der Waals surface area contributed by atoms with E-state index in [9.17, 15) is 5.11 Å². The zero-order valence-corrected chi connectivity index (χ0v) is 15.5. The summed E-state index contributed by atoms with van der Waals surface area (Å²) in [6, 6.07) is 10.4. The number of benzene rings is 2. The number of phenolic OH excluding ortho intramolecular Hbond substituents is 1. The van der Waals surface area contributed by atoms with Gasteiger partial charge in [-0.25, -0.2) is 4.98 Å². The van der Waals surface area contributed by atoms with Crippen molar-refractivity contribution in [3.63, 3.8) is 0 Å². The van der Waals surface area contributed by atoms with Gasteiger partial charge in [-0.05, 0) is 73.4 Å². The molecule has 1 fully saturated rings. The van der Waals surface area contributed by atoms with Crippen LogP contribution in [0.25, 0.3) is 10.2 Å². The van der Waals surface area contributed by atoms with Crippen LogP contribution in [0.5, 0.6) is 5.75 Å². The van der Waals surface area contributed by atoms with Crippen LogP contribution in [-0.4, -0.2) is 16.6 Å². The molecule has 0 atom stereocenters. The van der Waals surface area contributed by atoms with Crippen molar-refractivity contribution in [2.24, 2.45) is 5.41 Å². The van der Waals surface area contributed by atoms with E-state index in [2.05, 4.69) is 36.1 Å². The summed E-state index contributed by atoms with van der Waals surface area (Å²) in [6.07, 6.45) is 4.96. The van der Waals surface area contributed by atoms with Gasteiger partial charge in [-0.2, -0.15) is 0 Å². The van der Waals surface area contributed by atoms with E-state index in [-0.39, 0.29) is 0 Å². The van der Waals surface area contributed by atoms with Gasteiger partial charge in [0.2, 0.25) is 0 Å². The maximum absolute atomic E-state index is 10.4. The van der Waals surface area contributed by atoms with Crippen molar-refractivity contribution in [2.75, 3.05) is 11.4 Å². The van der Waals surface area contributed by atoms with Crippen molar-refractivity contribution >= 4 is 32.4 Å². The summed E-state index contributed by atoms with van der Waals surface area (Å²) in [6.45, 7) is 5.19. The number of fused-ring (bicyclic) bond motifs is 2. The minimum atomic E-state index is 0.360. The Morgan fingerprint density at radius 2 is 1.96 bits per heavy atom. The molecule has 0 radical (unpaired) electrons. The molecule has 0 amide bonds. The lowest BCUT2D eigenvalue weighted by Crippen LogP contribution is -2.46. The first-order valence-electron chi connectivity index (χ1n) is 9.01. The number of para-hydroxylation sites is 1. The summed E-state index contributed by atoms with van der Waals surface area (Å²) >= 11 is 1.77. The molecule has 1 N–H and O–H groups in total. The van der Waals surface area contributed by atoms with E-state index in [4.69, 9.17) is 4.98 Å². The minimum absolute atomic E-state index is 0.360. The highest BCUT2D eigenvalue weighted by Crippen LogP contribution is 2.53. The Bertz CT molecular complexity index is 954. The van der Waals surface area contributed by atoms with Crippen LogP contribution < -0.4 is 4.90 Å². The molecule has 0 unspecified atom stereocenters. The quantitative estimate of drug-likeness (QED) is 0.631. The Hall–Kier alpha value is -2.07. The highest BCUT2D eigenvalue weighted by atomic mass is 32.1. The van der Waals surface area contributed by atoms with E-state index in [0.717, 1.165) is 29.2 Å². The summed E-state index contributed by atoms with van der Waals surface area (Å²) < 4.78 is 1.24. The molecule has 1 aliphatic carbocycles. The molecule has 1 aliphatic heterocycles. The number of phenols is 1. The average Bonchev–Trinajstić information content (AvgIpc) is 3.01. The average molecular weight is 350 g/mol. The van der Waals surface area contributed by atoms with Gasteiger partial charge in [0.05, 0.1) is 10.2 Å². The first kappa shape index (κ1) is 15.2. The van der Waals surface area contributed by atoms with Gasteiger partial charge in [0.15, 0.2) is 5.13 Å². The number of nitrogens with zero attached hydrogens (tertiary/aromatic N) is 2. The molecule has 0 saturated heterocycles. The summed E-state index contributed by atoms with van der Waals surface area (Å²) in [4.78, 5) is 7.37. The van der Waals surface area contributed by atoms with Crippen LogP contribution in [-0.2, 0) is 6.42 Å². The predicted octanol–water partition coefficient (Wildman–Crippen LogP) is 5.48. The van der Waals surface area contributed by atoms with Crippen LogP contribution >= 0.6 is 11.3 Å². The second kappa shape index (κ2) is 5.21. The lowest BCUT2D eigenvalue weighted by molar-refractivity contribution is 0.138. The first-order chi connectivity index (χ1) is 12.1. The van der Waals surface area contributed by atoms with Crippen molar-refractivity contribution < 1.29 is 5.11 Å². The summed E-state index contributed by atoms with van der Waals surface area (Å²) in [5.41, 5.74) is 6.15. The summed E-state index contributed by atoms with van der Waals surface area (Å²) in [5, 5.41) is 11.4. The zero-order chi connectivity index (χ0) is 17.2. The molecule has 25 heavy (non-hydrogen) atoms. The number of aromatic nitrogens is 1. The Balaban J connectivity index is 1.72. The van der Waals surface area contributed by atoms with Crippen LogP contribution in [0.3, 0.4) is 0 Å². The van der Waals surface area contributed by atoms with Gasteiger partial charge >= 0.3 is 0 Å². The molecule has 1 saturated carbocycles. The van der Waals surface area contributed by atoms with Crippen molar-refractivity contribution in [3.05, 3.63) is 47.0 Å². The van der Waals surface area contributed by atoms with E-state index in [0.29, 0.717) is 11.2 Å². The lowest BCUT2D eigenvalue weighted by Gasteiger charge is -2.50. The molecule has 1 spiro atoms. The van der Waals surface area contributed by atoms with Crippen LogP contribution in [0.1, 0.15) is 36.0 Å². The van der Waals surface area contributed by atoms with Crippen LogP contribution in [0.15, 0.2) is 30.3 Å². The van der Waals surface area contributed by atoms with E-state index in [1.54, 1.807) is 11.3 Å². The first-order valence-corrected chi connectivity index (χ1v) is 9.83. The monoisotopic (exact) mass is 350 g/mol. The lowest BCUT2D eigenvalue weighted by atomic mass is 9.63. The van der Waals surface area contributed by atoms with E-state index in [1.165, 1.54) is 40.8 Å². The van der Waals surface area contributed by atoms with Gasteiger partial charge in [0, 0.05) is 12.2 Å². The van der Waals surface area contributed by atoms with Gasteiger partial charge in [-0.1, -0.05) is 29.9 Å². The van der Waals surface area contributed by atoms with E-state index >= 15 is 0 Å². The molecule has 4 heteroatoms. The summed E-state index contributed by atoms with van der Waals surface area (Å²) in [7, 11) is 0. The molecule has 5 rings (SSSR count). The fraction of sp³-hybridized carbons (Fsp3) is 0.381. The molecule has 2 aromatic carbocycles. The second-order valence-electron chi connectivity index (χ2n) is 7.73. The molecule has 3 nitrogen and oxygen atoms in total. The summed E-state index contributed by atoms with van der Waals surface area (Å²) in [5.74, 6) is 0.428. The molecule has 128 valence electrons. The Morgan fingerprint density at radius 1 is 1.16 bits per heavy atom. The third-order valence-electron chi connectivity index (χ3n) is 6.17. The molecule has 2 heterocycles. The number of rotatable bonds is 1. The number of hydrogen-bond donors (Lipinski definition) is 1. The van der Waals surface area contributed by atoms with E-state index < -0.39 is 0 Å². The number of thiazole rings is 1. The SMILES string of the molecule is Cc1c(O)cc2c(c1C)N(c1nc3ccccc3s1)CC1(CCC1)C2. The van der Waals surface area contributed by atoms with Crippen molar-refractivity contribution in [1.29, 1.82) is 0 Å². The fourth-order valence-corrected chi connectivity index (χ4v) is 5.46. The highest BCUT2D eigenvalue weighted by Gasteiger charge is 2.44. The van der Waals surface area contributed by atoms with E-state index in [1.807, 2.05) is 13.0 Å². The second-order valence-corrected chi connectivity index (χ2v) is 8.74. The minimum Gasteiger partial charge on any atom is -0.508 e. The standard InChI is InChI=1S/C21H22N2OS/c1-13-14(2)19-15(10-17(13)24)11-21(8-5-9-21)12-23(19)20-22-16-6-3-4-7-18(16)25-20/h3-4,6-7,10,24H,5,8-9,11-12H2,1-2H3. The third-order valence-corrected chi connectivity index (χ3v) is 7.23. The van der Waals surface area contributed by atoms with Gasteiger partial charge in [-0.15, -0.1) is 0 Å². The number of anilines is 2. The normalized spacial score (nSPS) is 18.4. The Morgan fingerprint density at radius 3 is 2.68 bits per heavy atom.